The molecule has 43 heavy (non-hydrogen) atoms. The highest BCUT2D eigenvalue weighted by Gasteiger charge is 2.30. The molecule has 4 aromatic carbocycles. The van der Waals surface area contributed by atoms with Gasteiger partial charge in [-0.2, -0.15) is 13.2 Å². The number of carbonyl (C=O) groups is 2. The summed E-state index contributed by atoms with van der Waals surface area (Å²) < 4.78 is 39.0. The molecule has 0 aliphatic rings. The molecule has 1 unspecified atom stereocenters. The maximum Gasteiger partial charge on any atom is 0.416 e. The van der Waals surface area contributed by atoms with Gasteiger partial charge < -0.3 is 15.5 Å². The Labute approximate surface area is 250 Å². The van der Waals surface area contributed by atoms with Crippen LogP contribution in [0.5, 0.6) is 0 Å². The van der Waals surface area contributed by atoms with Gasteiger partial charge in [0.25, 0.3) is 5.91 Å². The predicted octanol–water partition coefficient (Wildman–Crippen LogP) is 6.87. The number of anilines is 2. The molecule has 0 saturated heterocycles. The van der Waals surface area contributed by atoms with Gasteiger partial charge in [0.05, 0.1) is 5.56 Å². The third kappa shape index (κ3) is 8.02. The minimum absolute atomic E-state index is 0.0427. The summed E-state index contributed by atoms with van der Waals surface area (Å²) in [5, 5.41) is 5.82. The topological polar surface area (TPSA) is 64.7 Å². The number of halogens is 3. The van der Waals surface area contributed by atoms with Gasteiger partial charge in [-0.25, -0.2) is 0 Å². The first-order chi connectivity index (χ1) is 20.6. The Kier molecular flexibility index (Phi) is 10.2. The second-order valence-corrected chi connectivity index (χ2v) is 10.2. The fraction of sp³-hybridized carbons (Fsp3) is 0.235. The molecule has 9 heteroatoms. The third-order valence-electron chi connectivity index (χ3n) is 7.20. The zero-order valence-corrected chi connectivity index (χ0v) is 24.4. The minimum Gasteiger partial charge on any atom is -0.373 e. The first-order valence-electron chi connectivity index (χ1n) is 14.0. The van der Waals surface area contributed by atoms with Crippen molar-refractivity contribution in [3.63, 3.8) is 0 Å². The van der Waals surface area contributed by atoms with Gasteiger partial charge in [0.1, 0.15) is 6.04 Å². The van der Waals surface area contributed by atoms with E-state index in [2.05, 4.69) is 15.5 Å². The lowest BCUT2D eigenvalue weighted by Crippen LogP contribution is -2.41. The lowest BCUT2D eigenvalue weighted by molar-refractivity contribution is -0.137. The molecule has 2 amide bonds. The van der Waals surface area contributed by atoms with E-state index in [1.807, 2.05) is 68.4 Å². The zero-order valence-electron chi connectivity index (χ0n) is 24.4. The average molecular weight is 589 g/mol. The maximum atomic E-state index is 13.2. The Bertz CT molecular complexity index is 1510. The van der Waals surface area contributed by atoms with Crippen molar-refractivity contribution in [1.82, 2.24) is 10.2 Å². The van der Waals surface area contributed by atoms with E-state index >= 15 is 0 Å². The molecule has 224 valence electrons. The summed E-state index contributed by atoms with van der Waals surface area (Å²) in [6, 6.07) is 28.3. The van der Waals surface area contributed by atoms with Crippen molar-refractivity contribution < 1.29 is 22.8 Å². The summed E-state index contributed by atoms with van der Waals surface area (Å²) >= 11 is 0. The Morgan fingerprint density at radius 2 is 1.42 bits per heavy atom. The number of benzene rings is 4. The monoisotopic (exact) mass is 588 g/mol. The highest BCUT2D eigenvalue weighted by Crippen LogP contribution is 2.32. The molecule has 0 saturated carbocycles. The second-order valence-electron chi connectivity index (χ2n) is 10.2. The molecular weight excluding hydrogens is 553 g/mol. The lowest BCUT2D eigenvalue weighted by atomic mass is 9.98. The minimum atomic E-state index is -4.43. The van der Waals surface area contributed by atoms with Gasteiger partial charge in [-0.1, -0.05) is 60.7 Å². The van der Waals surface area contributed by atoms with E-state index in [1.54, 1.807) is 36.4 Å². The fourth-order valence-electron chi connectivity index (χ4n) is 4.85. The number of hydrogen-bond donors (Lipinski definition) is 2. The molecule has 0 aromatic heterocycles. The Balaban J connectivity index is 1.40. The van der Waals surface area contributed by atoms with Crippen LogP contribution in [0.15, 0.2) is 103 Å². The molecule has 4 aromatic rings. The van der Waals surface area contributed by atoms with Crippen LogP contribution in [-0.4, -0.2) is 50.4 Å². The first-order valence-corrected chi connectivity index (χ1v) is 14.0. The molecule has 2 N–H and O–H groups in total. The van der Waals surface area contributed by atoms with Crippen LogP contribution in [0.25, 0.3) is 11.1 Å². The Morgan fingerprint density at radius 3 is 2.05 bits per heavy atom. The quantitative estimate of drug-likeness (QED) is 0.201. The van der Waals surface area contributed by atoms with E-state index in [-0.39, 0.29) is 11.8 Å². The normalized spacial score (nSPS) is 12.1. The van der Waals surface area contributed by atoms with Crippen molar-refractivity contribution >= 4 is 23.2 Å². The van der Waals surface area contributed by atoms with E-state index < -0.39 is 17.8 Å². The number of carbonyl (C=O) groups excluding carboxylic acids is 2. The van der Waals surface area contributed by atoms with Crippen LogP contribution in [0.1, 0.15) is 34.5 Å². The van der Waals surface area contributed by atoms with Crippen LogP contribution >= 0.6 is 0 Å². The van der Waals surface area contributed by atoms with Crippen LogP contribution in [0.4, 0.5) is 24.5 Å². The van der Waals surface area contributed by atoms with Crippen molar-refractivity contribution in [2.45, 2.75) is 19.1 Å². The largest absolute Gasteiger partial charge is 0.416 e. The zero-order chi connectivity index (χ0) is 31.0. The molecule has 0 aliphatic heterocycles. The third-order valence-corrected chi connectivity index (χ3v) is 7.20. The van der Waals surface area contributed by atoms with Gasteiger partial charge in [-0.05, 0) is 73.1 Å². The summed E-state index contributed by atoms with van der Waals surface area (Å²) in [4.78, 5) is 30.1. The highest BCUT2D eigenvalue weighted by atomic mass is 19.4. The van der Waals surface area contributed by atoms with E-state index in [1.165, 1.54) is 12.1 Å². The van der Waals surface area contributed by atoms with Crippen molar-refractivity contribution in [2.24, 2.45) is 0 Å². The number of likely N-dealkylation sites (N-methyl/N-ethyl adjacent to an activating group) is 3. The summed E-state index contributed by atoms with van der Waals surface area (Å²) in [5.74, 6) is -0.408. The molecule has 0 fully saturated rings. The van der Waals surface area contributed by atoms with Gasteiger partial charge in [-0.3, -0.25) is 14.5 Å². The number of amides is 2. The maximum absolute atomic E-state index is 13.2. The van der Waals surface area contributed by atoms with Crippen LogP contribution in [-0.2, 0) is 11.0 Å². The number of hydrogen-bond acceptors (Lipinski definition) is 4. The van der Waals surface area contributed by atoms with Crippen LogP contribution in [0.2, 0.25) is 0 Å². The van der Waals surface area contributed by atoms with Crippen molar-refractivity contribution in [3.8, 4) is 11.1 Å². The molecule has 1 atom stereocenters. The molecule has 0 bridgehead atoms. The number of rotatable bonds is 11. The van der Waals surface area contributed by atoms with Gasteiger partial charge in [0.15, 0.2) is 0 Å². The molecule has 4 rings (SSSR count). The summed E-state index contributed by atoms with van der Waals surface area (Å²) in [5.41, 5.74) is 3.11. The van der Waals surface area contributed by atoms with Crippen LogP contribution in [0, 0.1) is 0 Å². The fourth-order valence-corrected chi connectivity index (χ4v) is 4.85. The smallest absolute Gasteiger partial charge is 0.373 e. The molecule has 6 nitrogen and oxygen atoms in total. The van der Waals surface area contributed by atoms with Crippen LogP contribution < -0.4 is 15.5 Å². The molecule has 0 aliphatic carbocycles. The second kappa shape index (κ2) is 14.0. The van der Waals surface area contributed by atoms with Gasteiger partial charge >= 0.3 is 6.18 Å². The van der Waals surface area contributed by atoms with E-state index in [0.717, 1.165) is 23.4 Å². The Morgan fingerprint density at radius 1 is 0.791 bits per heavy atom. The van der Waals surface area contributed by atoms with Crippen molar-refractivity contribution in [3.05, 3.63) is 120 Å². The van der Waals surface area contributed by atoms with E-state index in [0.29, 0.717) is 42.0 Å². The van der Waals surface area contributed by atoms with Crippen LogP contribution in [0.3, 0.4) is 0 Å². The molecule has 0 heterocycles. The number of nitrogens with one attached hydrogen (secondary N) is 2. The van der Waals surface area contributed by atoms with Crippen molar-refractivity contribution in [1.29, 1.82) is 0 Å². The molecule has 0 spiro atoms. The Hall–Kier alpha value is -4.63. The van der Waals surface area contributed by atoms with Gasteiger partial charge in [0, 0.05) is 43.6 Å². The summed E-state index contributed by atoms with van der Waals surface area (Å²) in [6.45, 7) is 3.75. The van der Waals surface area contributed by atoms with Crippen molar-refractivity contribution in [2.75, 3.05) is 43.9 Å². The first kappa shape index (κ1) is 31.3. The number of alkyl halides is 3. The van der Waals surface area contributed by atoms with Gasteiger partial charge in [0.2, 0.25) is 5.91 Å². The molecular formula is C34H35F3N4O2. The lowest BCUT2D eigenvalue weighted by Gasteiger charge is -2.30. The summed E-state index contributed by atoms with van der Waals surface area (Å²) in [6.07, 6.45) is -4.43. The van der Waals surface area contributed by atoms with E-state index in [4.69, 9.17) is 0 Å². The van der Waals surface area contributed by atoms with E-state index in [9.17, 15) is 22.8 Å². The molecule has 0 radical (unpaired) electrons. The number of nitrogens with zero attached hydrogens (tertiary/aromatic N) is 2. The average Bonchev–Trinajstić information content (AvgIpc) is 3.00. The SMILES string of the molecule is CCNC(=O)C(c1ccccc1)N(C)CCN(C)c1ccc(NC(=O)c2ccccc2-c2ccc(C(F)(F)F)cc2)cc1. The van der Waals surface area contributed by atoms with Gasteiger partial charge in [-0.15, -0.1) is 0 Å². The predicted molar refractivity (Wildman–Crippen MR) is 165 cm³/mol. The highest BCUT2D eigenvalue weighted by molar-refractivity contribution is 6.08. The summed E-state index contributed by atoms with van der Waals surface area (Å²) in [7, 11) is 3.90. The standard InChI is InChI=1S/C34H35F3N4O2/c1-4-38-33(43)31(25-10-6-5-7-11-25)41(3)23-22-40(2)28-20-18-27(19-21-28)39-32(42)30-13-9-8-12-29(30)24-14-16-26(17-15-24)34(35,36)37/h5-21,31H,4,22-23H2,1-3H3,(H,38,43)(H,39,42).